The third-order valence-corrected chi connectivity index (χ3v) is 5.35. The Kier molecular flexibility index (Phi) is 5.85. The number of nitrogens with zero attached hydrogens (tertiary/aromatic N) is 1. The van der Waals surface area contributed by atoms with Crippen LogP contribution in [0.1, 0.15) is 31.8 Å². The lowest BCUT2D eigenvalue weighted by molar-refractivity contribution is -0.384. The Morgan fingerprint density at radius 1 is 1.19 bits per heavy atom. The summed E-state index contributed by atoms with van der Waals surface area (Å²) < 4.78 is 0. The average Bonchev–Trinajstić information content (AvgIpc) is 3.15. The van der Waals surface area contributed by atoms with Crippen LogP contribution in [0, 0.1) is 10.1 Å². The zero-order chi connectivity index (χ0) is 19.4. The minimum absolute atomic E-state index is 0.0214. The number of amides is 1. The van der Waals surface area contributed by atoms with Crippen molar-refractivity contribution in [2.24, 2.45) is 0 Å². The topological polar surface area (TPSA) is 92.5 Å². The largest absolute Gasteiger partial charge is 0.383 e. The molecule has 1 heterocycles. The fraction of sp³-hybridized carbons (Fsp3) is 0.105. The van der Waals surface area contributed by atoms with Crippen molar-refractivity contribution in [3.8, 4) is 0 Å². The van der Waals surface area contributed by atoms with Crippen molar-refractivity contribution in [1.29, 1.82) is 0 Å². The van der Waals surface area contributed by atoms with Crippen molar-refractivity contribution >= 4 is 34.5 Å². The van der Waals surface area contributed by atoms with E-state index in [0.29, 0.717) is 0 Å². The molecule has 0 saturated carbocycles. The van der Waals surface area contributed by atoms with Gasteiger partial charge in [0, 0.05) is 21.9 Å². The van der Waals surface area contributed by atoms with Gasteiger partial charge >= 0.3 is 0 Å². The Bertz CT molecular complexity index is 975. The number of halogens is 1. The summed E-state index contributed by atoms with van der Waals surface area (Å²) in [5.41, 5.74) is 0.797. The van der Waals surface area contributed by atoms with Crippen LogP contribution in [0.2, 0.25) is 5.02 Å². The highest BCUT2D eigenvalue weighted by Crippen LogP contribution is 2.28. The minimum atomic E-state index is -0.718. The molecule has 1 aromatic heterocycles. The molecule has 0 aliphatic heterocycles. The molecule has 0 aliphatic carbocycles. The van der Waals surface area contributed by atoms with Gasteiger partial charge in [0.1, 0.15) is 6.10 Å². The molecule has 0 saturated heterocycles. The van der Waals surface area contributed by atoms with Crippen LogP contribution in [-0.4, -0.2) is 15.9 Å². The first-order valence-electron chi connectivity index (χ1n) is 7.99. The van der Waals surface area contributed by atoms with Gasteiger partial charge in [0.2, 0.25) is 0 Å². The van der Waals surface area contributed by atoms with Crippen LogP contribution in [-0.2, 0) is 6.54 Å². The predicted molar refractivity (Wildman–Crippen MR) is 104 cm³/mol. The molecule has 1 atom stereocenters. The number of nitro groups is 1. The van der Waals surface area contributed by atoms with E-state index in [1.807, 2.05) is 42.5 Å². The van der Waals surface area contributed by atoms with Crippen molar-refractivity contribution in [2.45, 2.75) is 12.6 Å². The highest BCUT2D eigenvalue weighted by molar-refractivity contribution is 7.12. The van der Waals surface area contributed by atoms with E-state index in [-0.39, 0.29) is 22.8 Å². The van der Waals surface area contributed by atoms with Gasteiger partial charge in [-0.3, -0.25) is 14.9 Å². The second-order valence-corrected chi connectivity index (χ2v) is 7.33. The summed E-state index contributed by atoms with van der Waals surface area (Å²) in [6, 6.07) is 16.7. The van der Waals surface area contributed by atoms with Gasteiger partial charge in [-0.1, -0.05) is 41.9 Å². The maximum atomic E-state index is 12.3. The van der Waals surface area contributed by atoms with Crippen molar-refractivity contribution in [3.63, 3.8) is 0 Å². The molecular formula is C19H15ClN2O4S. The van der Waals surface area contributed by atoms with Crippen LogP contribution < -0.4 is 5.32 Å². The molecule has 3 aromatic rings. The summed E-state index contributed by atoms with van der Waals surface area (Å²) in [4.78, 5) is 24.1. The van der Waals surface area contributed by atoms with E-state index in [0.717, 1.165) is 21.4 Å². The first-order chi connectivity index (χ1) is 13.0. The molecule has 0 bridgehead atoms. The van der Waals surface area contributed by atoms with Gasteiger partial charge in [-0.25, -0.2) is 0 Å². The molecule has 3 rings (SSSR count). The number of benzene rings is 2. The predicted octanol–water partition coefficient (Wildman–Crippen LogP) is 4.32. The zero-order valence-electron chi connectivity index (χ0n) is 14.0. The van der Waals surface area contributed by atoms with Crippen molar-refractivity contribution in [1.82, 2.24) is 5.32 Å². The highest BCUT2D eigenvalue weighted by atomic mass is 35.5. The molecule has 138 valence electrons. The molecule has 2 aromatic carbocycles. The van der Waals surface area contributed by atoms with E-state index in [9.17, 15) is 20.0 Å². The van der Waals surface area contributed by atoms with Gasteiger partial charge in [-0.15, -0.1) is 11.3 Å². The molecule has 0 fully saturated rings. The maximum absolute atomic E-state index is 12.3. The Morgan fingerprint density at radius 2 is 1.93 bits per heavy atom. The summed E-state index contributed by atoms with van der Waals surface area (Å²) in [7, 11) is 0. The normalized spacial score (nSPS) is 11.8. The minimum Gasteiger partial charge on any atom is -0.383 e. The number of non-ortho nitro benzene ring substituents is 1. The Labute approximate surface area is 164 Å². The molecule has 0 spiro atoms. The molecule has 8 heteroatoms. The molecule has 1 amide bonds. The fourth-order valence-electron chi connectivity index (χ4n) is 2.50. The summed E-state index contributed by atoms with van der Waals surface area (Å²) in [5, 5.41) is 23.9. The second-order valence-electron chi connectivity index (χ2n) is 5.72. The summed E-state index contributed by atoms with van der Waals surface area (Å²) in [6.07, 6.45) is -0.718. The quantitative estimate of drug-likeness (QED) is 0.474. The summed E-state index contributed by atoms with van der Waals surface area (Å²) >= 11 is 7.36. The number of aliphatic hydroxyl groups excluding tert-OH is 1. The number of thiophene rings is 1. The van der Waals surface area contributed by atoms with Gasteiger partial charge in [0.25, 0.3) is 11.6 Å². The SMILES string of the molecule is O=C(NCc1ccc(C(O)c2ccccc2)s1)c1ccc([N+](=O)[O-])cc1Cl. The molecule has 2 N–H and O–H groups in total. The van der Waals surface area contributed by atoms with E-state index in [1.54, 1.807) is 0 Å². The van der Waals surface area contributed by atoms with Crippen LogP contribution in [0.15, 0.2) is 60.7 Å². The van der Waals surface area contributed by atoms with Gasteiger partial charge in [0.15, 0.2) is 0 Å². The Balaban J connectivity index is 1.65. The van der Waals surface area contributed by atoms with E-state index in [2.05, 4.69) is 5.32 Å². The standard InChI is InChI=1S/C19H15ClN2O4S/c20-16-10-13(22(25)26)6-8-15(16)19(24)21-11-14-7-9-17(27-14)18(23)12-4-2-1-3-5-12/h1-10,18,23H,11H2,(H,21,24). The smallest absolute Gasteiger partial charge is 0.270 e. The fourth-order valence-corrected chi connectivity index (χ4v) is 3.73. The Morgan fingerprint density at radius 3 is 2.59 bits per heavy atom. The van der Waals surface area contributed by atoms with E-state index < -0.39 is 16.9 Å². The average molecular weight is 403 g/mol. The van der Waals surface area contributed by atoms with E-state index in [1.165, 1.54) is 23.5 Å². The van der Waals surface area contributed by atoms with Gasteiger partial charge < -0.3 is 10.4 Å². The van der Waals surface area contributed by atoms with E-state index >= 15 is 0 Å². The number of aliphatic hydroxyl groups is 1. The third-order valence-electron chi connectivity index (χ3n) is 3.90. The highest BCUT2D eigenvalue weighted by Gasteiger charge is 2.16. The van der Waals surface area contributed by atoms with Crippen molar-refractivity contribution in [2.75, 3.05) is 0 Å². The lowest BCUT2D eigenvalue weighted by Crippen LogP contribution is -2.22. The summed E-state index contributed by atoms with van der Waals surface area (Å²) in [6.45, 7) is 0.262. The number of hydrogen-bond donors (Lipinski definition) is 2. The number of carbonyl (C=O) groups is 1. The van der Waals surface area contributed by atoms with Crippen LogP contribution in [0.3, 0.4) is 0 Å². The third kappa shape index (κ3) is 4.51. The van der Waals surface area contributed by atoms with Crippen molar-refractivity contribution < 1.29 is 14.8 Å². The molecule has 0 aliphatic rings. The van der Waals surface area contributed by atoms with Crippen LogP contribution in [0.25, 0.3) is 0 Å². The lowest BCUT2D eigenvalue weighted by Gasteiger charge is -2.08. The molecular weight excluding hydrogens is 388 g/mol. The van der Waals surface area contributed by atoms with Crippen LogP contribution in [0.4, 0.5) is 5.69 Å². The number of rotatable bonds is 6. The lowest BCUT2D eigenvalue weighted by atomic mass is 10.1. The monoisotopic (exact) mass is 402 g/mol. The second kappa shape index (κ2) is 8.30. The molecule has 27 heavy (non-hydrogen) atoms. The number of carbonyl (C=O) groups excluding carboxylic acids is 1. The van der Waals surface area contributed by atoms with Crippen molar-refractivity contribution in [3.05, 3.63) is 96.7 Å². The van der Waals surface area contributed by atoms with Crippen LogP contribution >= 0.6 is 22.9 Å². The number of hydrogen-bond acceptors (Lipinski definition) is 5. The summed E-state index contributed by atoms with van der Waals surface area (Å²) in [5.74, 6) is -0.423. The number of nitrogens with one attached hydrogen (secondary N) is 1. The number of nitro benzene ring substituents is 1. The van der Waals surface area contributed by atoms with E-state index in [4.69, 9.17) is 11.6 Å². The van der Waals surface area contributed by atoms with Gasteiger partial charge in [-0.05, 0) is 23.8 Å². The molecule has 6 nitrogen and oxygen atoms in total. The molecule has 0 radical (unpaired) electrons. The van der Waals surface area contributed by atoms with Gasteiger partial charge in [-0.2, -0.15) is 0 Å². The van der Waals surface area contributed by atoms with Gasteiger partial charge in [0.05, 0.1) is 22.1 Å². The molecule has 1 unspecified atom stereocenters. The Hall–Kier alpha value is -2.74. The zero-order valence-corrected chi connectivity index (χ0v) is 15.5. The maximum Gasteiger partial charge on any atom is 0.270 e. The van der Waals surface area contributed by atoms with Crippen LogP contribution in [0.5, 0.6) is 0 Å². The first-order valence-corrected chi connectivity index (χ1v) is 9.19. The first kappa shape index (κ1) is 19.0.